The number of aromatic hydroxyl groups is 1. The summed E-state index contributed by atoms with van der Waals surface area (Å²) in [6, 6.07) is 10.5. The Bertz CT molecular complexity index is 1330. The van der Waals surface area contributed by atoms with Crippen LogP contribution in [-0.2, 0) is 4.79 Å². The maximum absolute atomic E-state index is 14.1. The van der Waals surface area contributed by atoms with Crippen LogP contribution in [0, 0.1) is 6.92 Å². The fraction of sp³-hybridized carbons (Fsp3) is 0.333. The Hall–Kier alpha value is -4.12. The number of carbonyl (C=O) groups is 3. The first-order valence-corrected chi connectivity index (χ1v) is 13.1. The Kier molecular flexibility index (Phi) is 8.16. The van der Waals surface area contributed by atoms with Crippen molar-refractivity contribution in [2.75, 3.05) is 17.7 Å². The van der Waals surface area contributed by atoms with Crippen molar-refractivity contribution in [1.29, 1.82) is 0 Å². The van der Waals surface area contributed by atoms with Crippen molar-refractivity contribution in [1.82, 2.24) is 9.69 Å². The van der Waals surface area contributed by atoms with Crippen molar-refractivity contribution in [3.8, 4) is 11.5 Å². The molecule has 1 atom stereocenters. The number of aryl methyl sites for hydroxylation is 1. The van der Waals surface area contributed by atoms with Crippen LogP contribution in [0.15, 0.2) is 42.5 Å². The first-order chi connectivity index (χ1) is 18.2. The largest absolute Gasteiger partial charge is 0.504 e. The number of phenols is 1. The maximum Gasteiger partial charge on any atom is 0.273 e. The molecule has 0 radical (unpaired) electrons. The molecule has 10 nitrogen and oxygen atoms in total. The first-order valence-electron chi connectivity index (χ1n) is 12.3. The van der Waals surface area contributed by atoms with E-state index in [0.29, 0.717) is 11.3 Å². The van der Waals surface area contributed by atoms with E-state index >= 15 is 0 Å². The van der Waals surface area contributed by atoms with E-state index in [9.17, 15) is 19.5 Å². The van der Waals surface area contributed by atoms with E-state index in [1.165, 1.54) is 24.1 Å². The number of methoxy groups -OCH3 is 1. The molecule has 0 unspecified atom stereocenters. The van der Waals surface area contributed by atoms with Gasteiger partial charge >= 0.3 is 0 Å². The number of hydrogen-bond acceptors (Lipinski definition) is 8. The van der Waals surface area contributed by atoms with Gasteiger partial charge in [0.05, 0.1) is 12.8 Å². The molecule has 2 aromatic carbocycles. The Morgan fingerprint density at radius 2 is 1.82 bits per heavy atom. The smallest absolute Gasteiger partial charge is 0.273 e. The number of nitrogens with zero attached hydrogens (tertiary/aromatic N) is 2. The normalized spacial score (nSPS) is 14.5. The van der Waals surface area contributed by atoms with E-state index in [1.54, 1.807) is 18.2 Å². The molecule has 1 heterocycles. The van der Waals surface area contributed by atoms with E-state index in [2.05, 4.69) is 9.69 Å². The standard InChI is InChI=1S/C27H31N5O5S/c1-15-8-11-18(12-9-15)32(27(36)24-21(28)22(25(29)34)31-38-24)23(16-10-13-19(33)20(14-16)37-2)26(35)30-17-6-4-3-5-7-17/h8-14,17,23,33H,3-7,28H2,1-2H3,(H2,29,34)(H,30,35)/t23-/m0/s1. The minimum Gasteiger partial charge on any atom is -0.504 e. The summed E-state index contributed by atoms with van der Waals surface area (Å²) in [5.74, 6) is -1.81. The van der Waals surface area contributed by atoms with E-state index in [1.807, 2.05) is 19.1 Å². The van der Waals surface area contributed by atoms with Crippen molar-refractivity contribution in [2.24, 2.45) is 5.73 Å². The van der Waals surface area contributed by atoms with E-state index in [0.717, 1.165) is 49.2 Å². The molecule has 1 aliphatic rings. The second kappa shape index (κ2) is 11.5. The number of benzene rings is 2. The summed E-state index contributed by atoms with van der Waals surface area (Å²) in [6.07, 6.45) is 4.83. The zero-order valence-electron chi connectivity index (χ0n) is 21.3. The fourth-order valence-electron chi connectivity index (χ4n) is 4.64. The number of carbonyl (C=O) groups excluding carboxylic acids is 3. The molecular weight excluding hydrogens is 506 g/mol. The summed E-state index contributed by atoms with van der Waals surface area (Å²) in [6.45, 7) is 1.91. The zero-order valence-corrected chi connectivity index (χ0v) is 22.1. The average Bonchev–Trinajstić information content (AvgIpc) is 3.30. The van der Waals surface area contributed by atoms with Gasteiger partial charge in [-0.3, -0.25) is 19.3 Å². The van der Waals surface area contributed by atoms with Crippen LogP contribution in [0.4, 0.5) is 11.4 Å². The monoisotopic (exact) mass is 537 g/mol. The molecule has 0 aliphatic heterocycles. The number of phenolic OH excluding ortho intramolecular Hbond substituents is 1. The number of ether oxygens (including phenoxy) is 1. The van der Waals surface area contributed by atoms with Crippen LogP contribution in [0.1, 0.15) is 69.4 Å². The van der Waals surface area contributed by atoms with Crippen LogP contribution in [0.2, 0.25) is 0 Å². The number of rotatable bonds is 8. The Labute approximate surface area is 224 Å². The van der Waals surface area contributed by atoms with Crippen molar-refractivity contribution in [3.05, 3.63) is 64.2 Å². The molecule has 0 spiro atoms. The minimum absolute atomic E-state index is 0.0133. The Balaban J connectivity index is 1.87. The molecule has 11 heteroatoms. The second-order valence-corrected chi connectivity index (χ2v) is 10.1. The summed E-state index contributed by atoms with van der Waals surface area (Å²) < 4.78 is 9.27. The lowest BCUT2D eigenvalue weighted by Crippen LogP contribution is -2.47. The number of nitrogen functional groups attached to an aromatic ring is 1. The van der Waals surface area contributed by atoms with Crippen molar-refractivity contribution < 1.29 is 24.2 Å². The van der Waals surface area contributed by atoms with Crippen LogP contribution in [0.25, 0.3) is 0 Å². The molecule has 200 valence electrons. The number of anilines is 2. The van der Waals surface area contributed by atoms with Gasteiger partial charge in [-0.2, -0.15) is 4.37 Å². The van der Waals surface area contributed by atoms with Gasteiger partial charge < -0.3 is 26.6 Å². The number of aromatic nitrogens is 1. The van der Waals surface area contributed by atoms with Gasteiger partial charge in [0, 0.05) is 11.7 Å². The van der Waals surface area contributed by atoms with Crippen LogP contribution in [-0.4, -0.2) is 40.4 Å². The van der Waals surface area contributed by atoms with E-state index < -0.39 is 23.8 Å². The highest BCUT2D eigenvalue weighted by atomic mass is 32.1. The van der Waals surface area contributed by atoms with Gasteiger partial charge in [-0.25, -0.2) is 0 Å². The van der Waals surface area contributed by atoms with Gasteiger partial charge in [0.15, 0.2) is 17.2 Å². The maximum atomic E-state index is 14.1. The van der Waals surface area contributed by atoms with Gasteiger partial charge in [0.25, 0.3) is 11.8 Å². The van der Waals surface area contributed by atoms with Gasteiger partial charge in [-0.15, -0.1) is 0 Å². The predicted octanol–water partition coefficient (Wildman–Crippen LogP) is 3.68. The highest BCUT2D eigenvalue weighted by Crippen LogP contribution is 2.36. The number of hydrogen-bond donors (Lipinski definition) is 4. The van der Waals surface area contributed by atoms with Gasteiger partial charge in [0.2, 0.25) is 5.91 Å². The quantitative estimate of drug-likeness (QED) is 0.341. The van der Waals surface area contributed by atoms with E-state index in [-0.39, 0.29) is 33.8 Å². The molecule has 4 rings (SSSR count). The lowest BCUT2D eigenvalue weighted by Gasteiger charge is -2.33. The summed E-state index contributed by atoms with van der Waals surface area (Å²) in [5.41, 5.74) is 13.0. The molecule has 1 aliphatic carbocycles. The van der Waals surface area contributed by atoms with Crippen molar-refractivity contribution in [2.45, 2.75) is 51.1 Å². The summed E-state index contributed by atoms with van der Waals surface area (Å²) in [4.78, 5) is 41.2. The minimum atomic E-state index is -1.15. The molecule has 6 N–H and O–H groups in total. The number of primary amides is 1. The molecule has 0 bridgehead atoms. The zero-order chi connectivity index (χ0) is 27.4. The molecule has 3 aromatic rings. The lowest BCUT2D eigenvalue weighted by atomic mass is 9.94. The number of amides is 3. The SMILES string of the molecule is COc1cc([C@@H](C(=O)NC2CCCCC2)N(C(=O)c2snc(C(N)=O)c2N)c2ccc(C)cc2)ccc1O. The van der Waals surface area contributed by atoms with Crippen molar-refractivity contribution >= 4 is 40.6 Å². The van der Waals surface area contributed by atoms with Crippen molar-refractivity contribution in [3.63, 3.8) is 0 Å². The average molecular weight is 538 g/mol. The molecule has 1 fully saturated rings. The molecule has 1 aromatic heterocycles. The van der Waals surface area contributed by atoms with E-state index in [4.69, 9.17) is 16.2 Å². The molecule has 3 amide bonds. The number of nitrogens with two attached hydrogens (primary N) is 2. The third-order valence-electron chi connectivity index (χ3n) is 6.66. The molecule has 38 heavy (non-hydrogen) atoms. The van der Waals surface area contributed by atoms with Crippen LogP contribution < -0.4 is 26.4 Å². The third-order valence-corrected chi connectivity index (χ3v) is 7.52. The third kappa shape index (κ3) is 5.57. The predicted molar refractivity (Wildman–Crippen MR) is 145 cm³/mol. The van der Waals surface area contributed by atoms with Crippen LogP contribution >= 0.6 is 11.5 Å². The lowest BCUT2D eigenvalue weighted by molar-refractivity contribution is -0.123. The number of nitrogens with one attached hydrogen (secondary N) is 1. The highest BCUT2D eigenvalue weighted by molar-refractivity contribution is 7.09. The van der Waals surface area contributed by atoms with Gasteiger partial charge in [-0.1, -0.05) is 43.0 Å². The fourth-order valence-corrected chi connectivity index (χ4v) is 5.38. The first kappa shape index (κ1) is 26.9. The van der Waals surface area contributed by atoms with Crippen LogP contribution in [0.3, 0.4) is 0 Å². The summed E-state index contributed by atoms with van der Waals surface area (Å²) in [5, 5.41) is 13.3. The highest BCUT2D eigenvalue weighted by Gasteiger charge is 2.37. The summed E-state index contributed by atoms with van der Waals surface area (Å²) in [7, 11) is 1.40. The Morgan fingerprint density at radius 1 is 1.13 bits per heavy atom. The summed E-state index contributed by atoms with van der Waals surface area (Å²) >= 11 is 0.745. The topological polar surface area (TPSA) is 161 Å². The Morgan fingerprint density at radius 3 is 2.42 bits per heavy atom. The van der Waals surface area contributed by atoms with Crippen LogP contribution in [0.5, 0.6) is 11.5 Å². The van der Waals surface area contributed by atoms with Gasteiger partial charge in [0.1, 0.15) is 10.9 Å². The second-order valence-electron chi connectivity index (χ2n) is 9.33. The molecular formula is C27H31N5O5S. The molecule has 1 saturated carbocycles. The van der Waals surface area contributed by atoms with Gasteiger partial charge in [-0.05, 0) is 61.1 Å². The molecule has 0 saturated heterocycles.